The van der Waals surface area contributed by atoms with E-state index in [1.165, 1.54) is 0 Å². The summed E-state index contributed by atoms with van der Waals surface area (Å²) in [5.41, 5.74) is 1.41. The third-order valence-corrected chi connectivity index (χ3v) is 4.44. The summed E-state index contributed by atoms with van der Waals surface area (Å²) in [5.74, 6) is -0.650. The zero-order chi connectivity index (χ0) is 19.3. The number of hydrogen-bond donors (Lipinski definition) is 5. The van der Waals surface area contributed by atoms with Crippen molar-refractivity contribution < 1.29 is 24.3 Å². The van der Waals surface area contributed by atoms with Crippen molar-refractivity contribution in [1.82, 2.24) is 21.1 Å². The van der Waals surface area contributed by atoms with Crippen LogP contribution in [0, 0.1) is 0 Å². The zero-order valence-electron chi connectivity index (χ0n) is 13.8. The molecule has 11 heteroatoms. The number of imide groups is 1. The van der Waals surface area contributed by atoms with Gasteiger partial charge < -0.3 is 21.1 Å². The lowest BCUT2D eigenvalue weighted by Gasteiger charge is -2.24. The Morgan fingerprint density at radius 1 is 1.27 bits per heavy atom. The molecule has 1 heterocycles. The van der Waals surface area contributed by atoms with Crippen LogP contribution in [-0.2, 0) is 4.79 Å². The van der Waals surface area contributed by atoms with Crippen LogP contribution in [0.25, 0.3) is 0 Å². The number of hydrazine groups is 1. The summed E-state index contributed by atoms with van der Waals surface area (Å²) in [6, 6.07) is 5.19. The summed E-state index contributed by atoms with van der Waals surface area (Å²) in [4.78, 5) is 47.3. The number of amides is 6. The molecule has 2 rings (SSSR count). The Labute approximate surface area is 157 Å². The van der Waals surface area contributed by atoms with Crippen LogP contribution in [0.15, 0.2) is 28.7 Å². The van der Waals surface area contributed by atoms with Crippen molar-refractivity contribution in [2.24, 2.45) is 0 Å². The van der Waals surface area contributed by atoms with E-state index in [1.807, 2.05) is 0 Å². The fourth-order valence-electron chi connectivity index (χ4n) is 2.48. The van der Waals surface area contributed by atoms with E-state index >= 15 is 0 Å². The summed E-state index contributed by atoms with van der Waals surface area (Å²) < 4.78 is 0.834. The highest BCUT2D eigenvalue weighted by atomic mass is 79.9. The molecule has 0 radical (unpaired) electrons. The van der Waals surface area contributed by atoms with Gasteiger partial charge in [-0.05, 0) is 37.1 Å². The van der Waals surface area contributed by atoms with Gasteiger partial charge in [0.25, 0.3) is 5.91 Å². The standard InChI is InChI=1S/C15H18BrN5O5/c1-2-15(7-8-17-14(25)26)11(22)21(13(24)19-15)20-12(23)18-10-5-3-9(16)4-6-10/h3-6,17H,2,7-8H2,1H3,(H,19,24)(H,25,26)(H2,18,20,23). The third-order valence-electron chi connectivity index (χ3n) is 3.91. The van der Waals surface area contributed by atoms with Crippen molar-refractivity contribution in [3.63, 3.8) is 0 Å². The molecule has 0 aromatic heterocycles. The van der Waals surface area contributed by atoms with Crippen molar-refractivity contribution in [1.29, 1.82) is 0 Å². The van der Waals surface area contributed by atoms with Gasteiger partial charge in [-0.15, -0.1) is 0 Å². The smallest absolute Gasteiger partial charge is 0.404 e. The number of nitrogens with one attached hydrogen (secondary N) is 4. The van der Waals surface area contributed by atoms with Crippen LogP contribution in [0.4, 0.5) is 20.1 Å². The predicted molar refractivity (Wildman–Crippen MR) is 95.3 cm³/mol. The van der Waals surface area contributed by atoms with E-state index in [-0.39, 0.29) is 19.4 Å². The molecule has 1 fully saturated rings. The molecule has 140 valence electrons. The van der Waals surface area contributed by atoms with Gasteiger partial charge in [0.2, 0.25) is 0 Å². The highest BCUT2D eigenvalue weighted by Crippen LogP contribution is 2.24. The number of rotatable bonds is 6. The van der Waals surface area contributed by atoms with Gasteiger partial charge >= 0.3 is 18.2 Å². The fraction of sp³-hybridized carbons (Fsp3) is 0.333. The molecule has 1 aromatic rings. The zero-order valence-corrected chi connectivity index (χ0v) is 15.4. The Kier molecular flexibility index (Phi) is 6.03. The summed E-state index contributed by atoms with van der Waals surface area (Å²) in [5, 5.41) is 16.4. The average molecular weight is 428 g/mol. The van der Waals surface area contributed by atoms with Crippen molar-refractivity contribution >= 4 is 45.7 Å². The van der Waals surface area contributed by atoms with E-state index in [4.69, 9.17) is 5.11 Å². The molecule has 1 unspecified atom stereocenters. The summed E-state index contributed by atoms with van der Waals surface area (Å²) in [6.07, 6.45) is -0.921. The Hall–Kier alpha value is -2.82. The van der Waals surface area contributed by atoms with Crippen LogP contribution in [0.3, 0.4) is 0 Å². The van der Waals surface area contributed by atoms with Gasteiger partial charge in [-0.2, -0.15) is 5.01 Å². The second-order valence-electron chi connectivity index (χ2n) is 5.56. The number of nitrogens with zero attached hydrogens (tertiary/aromatic N) is 1. The van der Waals surface area contributed by atoms with Crippen LogP contribution < -0.4 is 21.4 Å². The van der Waals surface area contributed by atoms with Gasteiger partial charge in [0.05, 0.1) is 0 Å². The lowest BCUT2D eigenvalue weighted by molar-refractivity contribution is -0.133. The predicted octanol–water partition coefficient (Wildman–Crippen LogP) is 1.84. The maximum atomic E-state index is 12.6. The molecule has 1 aromatic carbocycles. The molecule has 26 heavy (non-hydrogen) atoms. The van der Waals surface area contributed by atoms with Crippen molar-refractivity contribution in [3.8, 4) is 0 Å². The molecular formula is C15H18BrN5O5. The van der Waals surface area contributed by atoms with Crippen molar-refractivity contribution in [2.75, 3.05) is 11.9 Å². The van der Waals surface area contributed by atoms with Gasteiger partial charge in [-0.1, -0.05) is 22.9 Å². The second-order valence-corrected chi connectivity index (χ2v) is 6.48. The molecule has 0 aliphatic carbocycles. The van der Waals surface area contributed by atoms with Crippen LogP contribution in [0.2, 0.25) is 0 Å². The Morgan fingerprint density at radius 2 is 1.92 bits per heavy atom. The molecule has 1 aliphatic rings. The van der Waals surface area contributed by atoms with Crippen LogP contribution in [-0.4, -0.2) is 46.3 Å². The number of carbonyl (C=O) groups is 4. The second kappa shape index (κ2) is 8.04. The van der Waals surface area contributed by atoms with Gasteiger partial charge in [0.1, 0.15) is 5.54 Å². The highest BCUT2D eigenvalue weighted by Gasteiger charge is 2.50. The number of carboxylic acid groups (broad SMARTS) is 1. The molecule has 10 nitrogen and oxygen atoms in total. The third kappa shape index (κ3) is 4.42. The monoisotopic (exact) mass is 427 g/mol. The minimum absolute atomic E-state index is 0.0197. The Bertz CT molecular complexity index is 726. The highest BCUT2D eigenvalue weighted by molar-refractivity contribution is 9.10. The summed E-state index contributed by atoms with van der Waals surface area (Å²) in [7, 11) is 0. The number of hydrogen-bond acceptors (Lipinski definition) is 4. The number of anilines is 1. The Morgan fingerprint density at radius 3 is 2.50 bits per heavy atom. The first-order valence-corrected chi connectivity index (χ1v) is 8.53. The lowest BCUT2D eigenvalue weighted by Crippen LogP contribution is -2.51. The lowest BCUT2D eigenvalue weighted by atomic mass is 9.92. The molecule has 1 atom stereocenters. The van der Waals surface area contributed by atoms with E-state index in [0.29, 0.717) is 10.7 Å². The first-order chi connectivity index (χ1) is 12.3. The molecule has 0 spiro atoms. The minimum atomic E-state index is -1.27. The average Bonchev–Trinajstić information content (AvgIpc) is 2.81. The van der Waals surface area contributed by atoms with E-state index in [0.717, 1.165) is 4.47 Å². The molecule has 1 aliphatic heterocycles. The molecule has 1 saturated heterocycles. The fourth-order valence-corrected chi connectivity index (χ4v) is 2.75. The van der Waals surface area contributed by atoms with Crippen LogP contribution in [0.5, 0.6) is 0 Å². The van der Waals surface area contributed by atoms with Gasteiger partial charge in [-0.3, -0.25) is 4.79 Å². The maximum absolute atomic E-state index is 12.6. The van der Waals surface area contributed by atoms with E-state index in [9.17, 15) is 19.2 Å². The normalized spacial score (nSPS) is 19.1. The first kappa shape index (κ1) is 19.5. The van der Waals surface area contributed by atoms with Gasteiger partial charge in [0.15, 0.2) is 0 Å². The molecule has 0 bridgehead atoms. The molecular weight excluding hydrogens is 410 g/mol. The SMILES string of the molecule is CCC1(CCNC(=O)O)NC(=O)N(NC(=O)Nc2ccc(Br)cc2)C1=O. The van der Waals surface area contributed by atoms with E-state index in [2.05, 4.69) is 37.3 Å². The molecule has 6 amide bonds. The van der Waals surface area contributed by atoms with E-state index in [1.54, 1.807) is 31.2 Å². The quantitative estimate of drug-likeness (QED) is 0.440. The molecule has 5 N–H and O–H groups in total. The first-order valence-electron chi connectivity index (χ1n) is 7.74. The largest absolute Gasteiger partial charge is 0.465 e. The van der Waals surface area contributed by atoms with Gasteiger partial charge in [0, 0.05) is 16.7 Å². The van der Waals surface area contributed by atoms with Crippen LogP contribution >= 0.6 is 15.9 Å². The minimum Gasteiger partial charge on any atom is -0.465 e. The van der Waals surface area contributed by atoms with Crippen molar-refractivity contribution in [2.45, 2.75) is 25.3 Å². The number of benzene rings is 1. The summed E-state index contributed by atoms with van der Waals surface area (Å²) >= 11 is 3.27. The number of carbonyl (C=O) groups excluding carboxylic acids is 3. The molecule has 0 saturated carbocycles. The summed E-state index contributed by atoms with van der Waals surface area (Å²) in [6.45, 7) is 1.67. The van der Waals surface area contributed by atoms with E-state index < -0.39 is 29.6 Å². The number of urea groups is 2. The number of halogens is 1. The topological polar surface area (TPSA) is 140 Å². The Balaban J connectivity index is 2.01. The van der Waals surface area contributed by atoms with Crippen molar-refractivity contribution in [3.05, 3.63) is 28.7 Å². The van der Waals surface area contributed by atoms with Gasteiger partial charge in [-0.25, -0.2) is 19.8 Å². The van der Waals surface area contributed by atoms with Crippen LogP contribution in [0.1, 0.15) is 19.8 Å². The maximum Gasteiger partial charge on any atom is 0.404 e.